The normalized spacial score (nSPS) is 15.0. The van der Waals surface area contributed by atoms with Gasteiger partial charge in [0.2, 0.25) is 5.78 Å². The molecule has 0 saturated carbocycles. The highest BCUT2D eigenvalue weighted by Crippen LogP contribution is 2.46. The number of rotatable bonds is 12. The Bertz CT molecular complexity index is 1750. The Labute approximate surface area is 252 Å². The van der Waals surface area contributed by atoms with Crippen molar-refractivity contribution in [2.24, 2.45) is 0 Å². The Morgan fingerprint density at radius 3 is 2.51 bits per heavy atom. The molecule has 0 radical (unpaired) electrons. The van der Waals surface area contributed by atoms with Crippen molar-refractivity contribution in [3.63, 3.8) is 0 Å². The molecular weight excluding hydrogens is 572 g/mol. The van der Waals surface area contributed by atoms with Crippen LogP contribution in [0.1, 0.15) is 70.6 Å². The predicted molar refractivity (Wildman–Crippen MR) is 162 cm³/mol. The van der Waals surface area contributed by atoms with Gasteiger partial charge in [-0.2, -0.15) is 0 Å². The second kappa shape index (κ2) is 12.3. The molecule has 224 valence electrons. The van der Waals surface area contributed by atoms with E-state index in [1.807, 2.05) is 0 Å². The van der Waals surface area contributed by atoms with Crippen LogP contribution in [0.4, 0.5) is 5.13 Å². The van der Waals surface area contributed by atoms with Gasteiger partial charge in [0.25, 0.3) is 5.91 Å². The minimum Gasteiger partial charge on any atom is -0.503 e. The van der Waals surface area contributed by atoms with Crippen LogP contribution in [0.25, 0.3) is 11.0 Å². The summed E-state index contributed by atoms with van der Waals surface area (Å²) in [5.74, 6) is -1.20. The summed E-state index contributed by atoms with van der Waals surface area (Å²) in [5.41, 5.74) is 1.07. The highest BCUT2D eigenvalue weighted by Gasteiger charge is 2.47. The molecule has 0 fully saturated rings. The molecular formula is C32H32N2O8S. The van der Waals surface area contributed by atoms with Crippen LogP contribution >= 0.6 is 11.3 Å². The summed E-state index contributed by atoms with van der Waals surface area (Å²) in [5, 5.41) is 12.0. The summed E-state index contributed by atoms with van der Waals surface area (Å²) in [6.07, 6.45) is 2.96. The van der Waals surface area contributed by atoms with Crippen LogP contribution in [0.2, 0.25) is 0 Å². The predicted octanol–water partition coefficient (Wildman–Crippen LogP) is 6.77. The number of unbranched alkanes of at least 4 members (excludes halogenated alkanes) is 2. The van der Waals surface area contributed by atoms with E-state index in [-0.39, 0.29) is 22.2 Å². The van der Waals surface area contributed by atoms with Gasteiger partial charge in [-0.3, -0.25) is 19.3 Å². The van der Waals surface area contributed by atoms with Crippen LogP contribution in [-0.4, -0.2) is 48.4 Å². The molecule has 4 aromatic rings. The summed E-state index contributed by atoms with van der Waals surface area (Å²) in [6.45, 7) is 5.69. The number of carbonyl (C=O) groups excluding carboxylic acids is 3. The van der Waals surface area contributed by atoms with Crippen molar-refractivity contribution in [3.8, 4) is 17.2 Å². The molecule has 10 nitrogen and oxygen atoms in total. The number of amides is 1. The number of anilines is 1. The summed E-state index contributed by atoms with van der Waals surface area (Å²) in [4.78, 5) is 46.1. The zero-order valence-corrected chi connectivity index (χ0v) is 25.4. The number of ketones is 2. The molecule has 1 atom stereocenters. The quantitative estimate of drug-likeness (QED) is 0.138. The van der Waals surface area contributed by atoms with Crippen LogP contribution in [-0.2, 0) is 4.79 Å². The van der Waals surface area contributed by atoms with Gasteiger partial charge in [0.05, 0.1) is 43.0 Å². The number of aryl methyl sites for hydroxylation is 1. The smallest absolute Gasteiger partial charge is 0.296 e. The number of Topliss-reactive ketones (excluding diaryl/α,β-unsaturated/α-hetero) is 2. The van der Waals surface area contributed by atoms with E-state index in [1.54, 1.807) is 49.4 Å². The fraction of sp³-hybridized carbons (Fsp3) is 0.312. The van der Waals surface area contributed by atoms with Crippen molar-refractivity contribution in [1.82, 2.24) is 4.98 Å². The van der Waals surface area contributed by atoms with E-state index in [9.17, 15) is 19.5 Å². The van der Waals surface area contributed by atoms with Crippen molar-refractivity contribution in [2.45, 2.75) is 46.1 Å². The molecule has 2 aromatic carbocycles. The molecule has 0 aliphatic carbocycles. The number of methoxy groups -OCH3 is 2. The topological polar surface area (TPSA) is 128 Å². The van der Waals surface area contributed by atoms with Gasteiger partial charge in [-0.1, -0.05) is 49.3 Å². The van der Waals surface area contributed by atoms with Gasteiger partial charge >= 0.3 is 0 Å². The van der Waals surface area contributed by atoms with E-state index in [0.29, 0.717) is 51.0 Å². The highest BCUT2D eigenvalue weighted by atomic mass is 32.1. The molecule has 0 saturated heterocycles. The van der Waals surface area contributed by atoms with Crippen molar-refractivity contribution < 1.29 is 38.1 Å². The van der Waals surface area contributed by atoms with Crippen LogP contribution < -0.4 is 19.1 Å². The number of hydrogen-bond acceptors (Lipinski definition) is 10. The minimum atomic E-state index is -1.11. The van der Waals surface area contributed by atoms with Gasteiger partial charge in [0, 0.05) is 12.3 Å². The fourth-order valence-corrected chi connectivity index (χ4v) is 6.10. The maximum absolute atomic E-state index is 14.1. The van der Waals surface area contributed by atoms with Crippen molar-refractivity contribution in [1.29, 1.82) is 0 Å². The largest absolute Gasteiger partial charge is 0.503 e. The lowest BCUT2D eigenvalue weighted by Crippen LogP contribution is -2.31. The lowest BCUT2D eigenvalue weighted by atomic mass is 9.95. The zero-order valence-electron chi connectivity index (χ0n) is 24.6. The van der Waals surface area contributed by atoms with Gasteiger partial charge in [0.1, 0.15) is 0 Å². The standard InChI is InChI=1S/C32H32N2O8S/c1-6-7-8-14-41-21-13-12-19(15-23(21)40-5)26-25(27(36)24-16-20-10-9-11-22(39-4)29(20)42-24)28(37)31(38)34(26)32-33-17(2)30(43-32)18(3)35/h9-13,15-16,26,37H,6-8,14H2,1-5H3. The molecule has 5 rings (SSSR count). The second-order valence-corrected chi connectivity index (χ2v) is 11.1. The van der Waals surface area contributed by atoms with E-state index < -0.39 is 23.5 Å². The van der Waals surface area contributed by atoms with Gasteiger partial charge in [-0.05, 0) is 43.2 Å². The molecule has 0 spiro atoms. The minimum absolute atomic E-state index is 0.0803. The first-order chi connectivity index (χ1) is 20.7. The zero-order chi connectivity index (χ0) is 30.8. The third-order valence-corrected chi connectivity index (χ3v) is 8.48. The fourth-order valence-electron chi connectivity index (χ4n) is 5.11. The van der Waals surface area contributed by atoms with Crippen molar-refractivity contribution in [3.05, 3.63) is 75.7 Å². The summed E-state index contributed by atoms with van der Waals surface area (Å²) < 4.78 is 22.8. The van der Waals surface area contributed by atoms with E-state index in [0.717, 1.165) is 30.6 Å². The first-order valence-electron chi connectivity index (χ1n) is 13.9. The van der Waals surface area contributed by atoms with Gasteiger partial charge in [-0.25, -0.2) is 4.98 Å². The molecule has 0 bridgehead atoms. The van der Waals surface area contributed by atoms with E-state index in [1.165, 1.54) is 26.0 Å². The van der Waals surface area contributed by atoms with Crippen LogP contribution in [0, 0.1) is 6.92 Å². The Morgan fingerprint density at radius 2 is 1.84 bits per heavy atom. The Kier molecular flexibility index (Phi) is 8.54. The maximum atomic E-state index is 14.1. The lowest BCUT2D eigenvalue weighted by molar-refractivity contribution is -0.117. The van der Waals surface area contributed by atoms with E-state index in [2.05, 4.69) is 11.9 Å². The van der Waals surface area contributed by atoms with E-state index >= 15 is 0 Å². The monoisotopic (exact) mass is 604 g/mol. The molecule has 11 heteroatoms. The number of hydrogen-bond donors (Lipinski definition) is 1. The Hall–Kier alpha value is -4.64. The average molecular weight is 605 g/mol. The summed E-state index contributed by atoms with van der Waals surface area (Å²) >= 11 is 1.02. The Balaban J connectivity index is 1.63. The van der Waals surface area contributed by atoms with Crippen molar-refractivity contribution in [2.75, 3.05) is 25.7 Å². The first-order valence-corrected chi connectivity index (χ1v) is 14.7. The first kappa shape index (κ1) is 29.8. The number of aliphatic hydroxyl groups excluding tert-OH is 1. The van der Waals surface area contributed by atoms with Gasteiger partial charge in [-0.15, -0.1) is 0 Å². The highest BCUT2D eigenvalue weighted by molar-refractivity contribution is 7.17. The number of benzene rings is 2. The van der Waals surface area contributed by atoms with Crippen LogP contribution in [0.3, 0.4) is 0 Å². The number of furan rings is 1. The Morgan fingerprint density at radius 1 is 1.07 bits per heavy atom. The summed E-state index contributed by atoms with van der Waals surface area (Å²) in [6, 6.07) is 10.8. The number of aromatic nitrogens is 1. The maximum Gasteiger partial charge on any atom is 0.296 e. The van der Waals surface area contributed by atoms with Crippen LogP contribution in [0.5, 0.6) is 17.2 Å². The van der Waals surface area contributed by atoms with Crippen LogP contribution in [0.15, 0.2) is 58.2 Å². The van der Waals surface area contributed by atoms with Crippen molar-refractivity contribution >= 4 is 44.9 Å². The SMILES string of the molecule is CCCCCOc1ccc(C2C(C(=O)c3cc4cccc(OC)c4o3)=C(O)C(=O)N2c2nc(C)c(C(C)=O)s2)cc1OC. The molecule has 2 aromatic heterocycles. The molecule has 1 amide bonds. The average Bonchev–Trinajstić information content (AvgIpc) is 3.68. The number of fused-ring (bicyclic) bond motifs is 1. The van der Waals surface area contributed by atoms with Gasteiger partial charge < -0.3 is 23.7 Å². The number of ether oxygens (including phenoxy) is 3. The number of thiazole rings is 1. The molecule has 1 unspecified atom stereocenters. The summed E-state index contributed by atoms with van der Waals surface area (Å²) in [7, 11) is 2.99. The third-order valence-electron chi connectivity index (χ3n) is 7.22. The molecule has 1 aliphatic rings. The lowest BCUT2D eigenvalue weighted by Gasteiger charge is -2.25. The second-order valence-electron chi connectivity index (χ2n) is 10.1. The third kappa shape index (κ3) is 5.48. The number of nitrogens with zero attached hydrogens (tertiary/aromatic N) is 2. The van der Waals surface area contributed by atoms with Gasteiger partial charge in [0.15, 0.2) is 45.3 Å². The molecule has 3 heterocycles. The molecule has 43 heavy (non-hydrogen) atoms. The van der Waals surface area contributed by atoms with E-state index in [4.69, 9.17) is 18.6 Å². The molecule has 1 N–H and O–H groups in total. The number of carbonyl (C=O) groups is 3. The molecule has 1 aliphatic heterocycles. The number of aliphatic hydroxyl groups is 1. The number of para-hydroxylation sites is 1.